The molecule has 142 valence electrons. The van der Waals surface area contributed by atoms with Crippen molar-refractivity contribution in [2.75, 3.05) is 39.9 Å². The van der Waals surface area contributed by atoms with Crippen molar-refractivity contribution in [1.82, 2.24) is 15.2 Å². The lowest BCUT2D eigenvalue weighted by Crippen LogP contribution is -2.45. The van der Waals surface area contributed by atoms with Crippen LogP contribution < -0.4 is 10.1 Å². The van der Waals surface area contributed by atoms with E-state index < -0.39 is 0 Å². The third-order valence-corrected chi connectivity index (χ3v) is 4.67. The van der Waals surface area contributed by atoms with E-state index in [1.807, 2.05) is 12.1 Å². The molecule has 1 aromatic heterocycles. The Labute approximate surface area is 156 Å². The minimum absolute atomic E-state index is 0.289. The van der Waals surface area contributed by atoms with Crippen LogP contribution in [0.25, 0.3) is 5.57 Å². The van der Waals surface area contributed by atoms with Crippen molar-refractivity contribution >= 4 is 11.4 Å². The fraction of sp³-hybridized carbons (Fsp3) is 0.600. The highest BCUT2D eigenvalue weighted by Crippen LogP contribution is 2.22. The maximum atomic E-state index is 5.50. The molecule has 0 aromatic carbocycles. The van der Waals surface area contributed by atoms with Crippen LogP contribution >= 0.6 is 0 Å². The van der Waals surface area contributed by atoms with Crippen molar-refractivity contribution < 1.29 is 9.47 Å². The summed E-state index contributed by atoms with van der Waals surface area (Å²) in [6.07, 6.45) is 4.75. The second-order valence-corrected chi connectivity index (χ2v) is 7.11. The van der Waals surface area contributed by atoms with Gasteiger partial charge in [-0.15, -0.1) is 0 Å². The summed E-state index contributed by atoms with van der Waals surface area (Å²) < 4.78 is 10.7. The summed E-state index contributed by atoms with van der Waals surface area (Å²) in [5.41, 5.74) is 2.30. The van der Waals surface area contributed by atoms with Gasteiger partial charge in [0.1, 0.15) is 5.84 Å². The van der Waals surface area contributed by atoms with E-state index in [4.69, 9.17) is 14.5 Å². The largest absolute Gasteiger partial charge is 0.481 e. The number of nitrogens with zero attached hydrogens (tertiary/aromatic N) is 3. The zero-order chi connectivity index (χ0) is 18.4. The second kappa shape index (κ2) is 9.14. The van der Waals surface area contributed by atoms with Gasteiger partial charge in [0.15, 0.2) is 0 Å². The minimum Gasteiger partial charge on any atom is -0.481 e. The number of ether oxygens (including phenoxy) is 2. The standard InChI is InChI=1S/C20H30N4O2/c1-15(2)22-19(21-13-17-9-12-26-17)14-24-10-7-16(8-11-24)18-5-4-6-20(23-18)25-3/h4-7,15,17H,8-14H2,1-3H3,(H,21,22)/t17-/m0/s1. The molecule has 1 N–H and O–H groups in total. The van der Waals surface area contributed by atoms with Gasteiger partial charge in [0.2, 0.25) is 5.88 Å². The third kappa shape index (κ3) is 5.29. The van der Waals surface area contributed by atoms with Crippen LogP contribution in [-0.4, -0.2) is 67.8 Å². The van der Waals surface area contributed by atoms with Gasteiger partial charge < -0.3 is 14.8 Å². The summed E-state index contributed by atoms with van der Waals surface area (Å²) in [5.74, 6) is 1.73. The minimum atomic E-state index is 0.289. The average molecular weight is 358 g/mol. The molecule has 0 spiro atoms. The van der Waals surface area contributed by atoms with Crippen LogP contribution in [0.1, 0.15) is 32.4 Å². The maximum Gasteiger partial charge on any atom is 0.213 e. The molecule has 0 aliphatic carbocycles. The van der Waals surface area contributed by atoms with Crippen LogP contribution in [0, 0.1) is 0 Å². The van der Waals surface area contributed by atoms with Crippen LogP contribution in [-0.2, 0) is 4.74 Å². The van der Waals surface area contributed by atoms with E-state index in [0.29, 0.717) is 12.0 Å². The van der Waals surface area contributed by atoms with Gasteiger partial charge in [-0.2, -0.15) is 0 Å². The molecule has 0 unspecified atom stereocenters. The summed E-state index contributed by atoms with van der Waals surface area (Å²) >= 11 is 0. The van der Waals surface area contributed by atoms with E-state index in [9.17, 15) is 0 Å². The lowest BCUT2D eigenvalue weighted by atomic mass is 10.0. The van der Waals surface area contributed by atoms with E-state index in [1.165, 1.54) is 5.57 Å². The number of aromatic nitrogens is 1. The number of methoxy groups -OCH3 is 1. The molecule has 0 saturated carbocycles. The molecule has 2 aliphatic heterocycles. The average Bonchev–Trinajstić information content (AvgIpc) is 2.60. The molecule has 1 atom stereocenters. The lowest BCUT2D eigenvalue weighted by Gasteiger charge is -2.30. The zero-order valence-corrected chi connectivity index (χ0v) is 16.1. The lowest BCUT2D eigenvalue weighted by molar-refractivity contribution is -0.0461. The fourth-order valence-electron chi connectivity index (χ4n) is 3.14. The molecule has 1 aromatic rings. The van der Waals surface area contributed by atoms with Gasteiger partial charge in [0.05, 0.1) is 25.5 Å². The summed E-state index contributed by atoms with van der Waals surface area (Å²) in [6, 6.07) is 6.21. The molecule has 3 heterocycles. The Hall–Kier alpha value is -1.92. The van der Waals surface area contributed by atoms with E-state index in [1.54, 1.807) is 7.11 Å². The highest BCUT2D eigenvalue weighted by molar-refractivity contribution is 5.84. The van der Waals surface area contributed by atoms with E-state index >= 15 is 0 Å². The van der Waals surface area contributed by atoms with Gasteiger partial charge >= 0.3 is 0 Å². The quantitative estimate of drug-likeness (QED) is 0.599. The Morgan fingerprint density at radius 2 is 2.31 bits per heavy atom. The third-order valence-electron chi connectivity index (χ3n) is 4.67. The molecule has 0 bridgehead atoms. The predicted octanol–water partition coefficient (Wildman–Crippen LogP) is 2.36. The van der Waals surface area contributed by atoms with Crippen LogP contribution in [0.2, 0.25) is 0 Å². The van der Waals surface area contributed by atoms with Crippen LogP contribution in [0.5, 0.6) is 5.88 Å². The van der Waals surface area contributed by atoms with Gasteiger partial charge in [-0.25, -0.2) is 4.98 Å². The van der Waals surface area contributed by atoms with E-state index in [0.717, 1.165) is 57.2 Å². The van der Waals surface area contributed by atoms with Crippen LogP contribution in [0.4, 0.5) is 0 Å². The number of rotatable bonds is 7. The SMILES string of the molecule is COc1cccc(C2=CCN(C/C(=N/C(C)C)NC[C@@H]3CCO3)CC2)n1. The van der Waals surface area contributed by atoms with Gasteiger partial charge in [0.25, 0.3) is 0 Å². The first-order valence-corrected chi connectivity index (χ1v) is 9.49. The molecule has 2 aliphatic rings. The Kier molecular flexibility index (Phi) is 6.63. The second-order valence-electron chi connectivity index (χ2n) is 7.11. The fourth-order valence-corrected chi connectivity index (χ4v) is 3.14. The molecule has 6 heteroatoms. The smallest absolute Gasteiger partial charge is 0.213 e. The molecule has 1 fully saturated rings. The van der Waals surface area contributed by atoms with E-state index in [2.05, 4.69) is 41.2 Å². The van der Waals surface area contributed by atoms with Crippen molar-refractivity contribution in [1.29, 1.82) is 0 Å². The molecule has 3 rings (SSSR count). The van der Waals surface area contributed by atoms with E-state index in [-0.39, 0.29) is 6.04 Å². The first-order valence-electron chi connectivity index (χ1n) is 9.49. The van der Waals surface area contributed by atoms with Crippen molar-refractivity contribution in [2.45, 2.75) is 38.8 Å². The number of hydrogen-bond donors (Lipinski definition) is 1. The highest BCUT2D eigenvalue weighted by atomic mass is 16.5. The molecule has 0 amide bonds. The monoisotopic (exact) mass is 358 g/mol. The van der Waals surface area contributed by atoms with Gasteiger partial charge in [0, 0.05) is 38.3 Å². The summed E-state index contributed by atoms with van der Waals surface area (Å²) in [7, 11) is 1.65. The number of pyridine rings is 1. The van der Waals surface area contributed by atoms with Gasteiger partial charge in [-0.05, 0) is 38.3 Å². The van der Waals surface area contributed by atoms with Crippen LogP contribution in [0.15, 0.2) is 29.3 Å². The number of aliphatic imine (C=N–C) groups is 1. The van der Waals surface area contributed by atoms with Crippen molar-refractivity contribution in [3.8, 4) is 5.88 Å². The summed E-state index contributed by atoms with van der Waals surface area (Å²) in [6.45, 7) is 8.74. The Bertz CT molecular complexity index is 653. The topological polar surface area (TPSA) is 59.0 Å². The van der Waals surface area contributed by atoms with Gasteiger partial charge in [-0.3, -0.25) is 9.89 Å². The molecule has 6 nitrogen and oxygen atoms in total. The van der Waals surface area contributed by atoms with Gasteiger partial charge in [-0.1, -0.05) is 12.1 Å². The Balaban J connectivity index is 1.57. The molecule has 0 radical (unpaired) electrons. The number of nitrogens with one attached hydrogen (secondary N) is 1. The predicted molar refractivity (Wildman–Crippen MR) is 105 cm³/mol. The molecule has 26 heavy (non-hydrogen) atoms. The molecular formula is C20H30N4O2. The van der Waals surface area contributed by atoms with Crippen molar-refractivity contribution in [3.63, 3.8) is 0 Å². The normalized spacial score (nSPS) is 21.3. The van der Waals surface area contributed by atoms with Crippen molar-refractivity contribution in [2.24, 2.45) is 4.99 Å². The van der Waals surface area contributed by atoms with Crippen LogP contribution in [0.3, 0.4) is 0 Å². The first-order chi connectivity index (χ1) is 12.6. The summed E-state index contributed by atoms with van der Waals surface area (Å²) in [4.78, 5) is 11.7. The Morgan fingerprint density at radius 1 is 1.46 bits per heavy atom. The molecular weight excluding hydrogens is 328 g/mol. The molecule has 1 saturated heterocycles. The number of amidine groups is 1. The zero-order valence-electron chi connectivity index (χ0n) is 16.1. The Morgan fingerprint density at radius 3 is 2.92 bits per heavy atom. The summed E-state index contributed by atoms with van der Waals surface area (Å²) in [5, 5.41) is 3.49. The highest BCUT2D eigenvalue weighted by Gasteiger charge is 2.20. The number of hydrogen-bond acceptors (Lipinski definition) is 5. The maximum absolute atomic E-state index is 5.50. The van der Waals surface area contributed by atoms with Crippen molar-refractivity contribution in [3.05, 3.63) is 30.0 Å². The first kappa shape index (κ1) is 18.9.